The maximum Gasteiger partial charge on any atom is 0.295 e. The molecule has 1 saturated heterocycles. The van der Waals surface area contributed by atoms with Gasteiger partial charge in [0.25, 0.3) is 11.7 Å². The summed E-state index contributed by atoms with van der Waals surface area (Å²) in [4.78, 5) is 32.2. The zero-order valence-electron chi connectivity index (χ0n) is 19.8. The molecule has 1 atom stereocenters. The number of hydrogen-bond acceptors (Lipinski definition) is 7. The quantitative estimate of drug-likeness (QED) is 0.303. The van der Waals surface area contributed by atoms with Gasteiger partial charge in [0.15, 0.2) is 11.5 Å². The summed E-state index contributed by atoms with van der Waals surface area (Å²) in [6.45, 7) is 3.53. The first kappa shape index (κ1) is 23.4. The zero-order chi connectivity index (χ0) is 25.1. The number of amides is 1. The van der Waals surface area contributed by atoms with Gasteiger partial charge in [-0.3, -0.25) is 14.6 Å². The number of rotatable bonds is 7. The second kappa shape index (κ2) is 10.1. The highest BCUT2D eigenvalue weighted by molar-refractivity contribution is 6.46. The third kappa shape index (κ3) is 4.49. The van der Waals surface area contributed by atoms with Crippen LogP contribution in [0.25, 0.3) is 5.76 Å². The molecule has 0 radical (unpaired) electrons. The molecule has 3 heterocycles. The summed E-state index contributed by atoms with van der Waals surface area (Å²) >= 11 is 0. The van der Waals surface area contributed by atoms with E-state index < -0.39 is 17.7 Å². The van der Waals surface area contributed by atoms with Gasteiger partial charge in [-0.05, 0) is 53.9 Å². The minimum atomic E-state index is -0.816. The molecule has 1 aromatic heterocycles. The van der Waals surface area contributed by atoms with Gasteiger partial charge in [0.1, 0.15) is 24.7 Å². The smallest absolute Gasteiger partial charge is 0.295 e. The highest BCUT2D eigenvalue weighted by Gasteiger charge is 2.46. The summed E-state index contributed by atoms with van der Waals surface area (Å²) in [5, 5.41) is 11.4. The first-order chi connectivity index (χ1) is 17.6. The summed E-state index contributed by atoms with van der Waals surface area (Å²) in [7, 11) is 0. The Hall–Kier alpha value is -4.33. The van der Waals surface area contributed by atoms with Crippen molar-refractivity contribution in [1.82, 2.24) is 9.88 Å². The first-order valence-corrected chi connectivity index (χ1v) is 11.9. The molecule has 36 heavy (non-hydrogen) atoms. The lowest BCUT2D eigenvalue weighted by atomic mass is 9.95. The van der Waals surface area contributed by atoms with Crippen LogP contribution in [0.5, 0.6) is 17.2 Å². The fourth-order valence-corrected chi connectivity index (χ4v) is 4.42. The Balaban J connectivity index is 1.62. The Morgan fingerprint density at radius 2 is 1.92 bits per heavy atom. The van der Waals surface area contributed by atoms with Crippen LogP contribution in [-0.4, -0.2) is 46.5 Å². The predicted octanol–water partition coefficient (Wildman–Crippen LogP) is 4.26. The molecule has 8 heteroatoms. The van der Waals surface area contributed by atoms with Crippen LogP contribution in [0.15, 0.2) is 72.6 Å². The lowest BCUT2D eigenvalue weighted by molar-refractivity contribution is -0.140. The van der Waals surface area contributed by atoms with Crippen molar-refractivity contribution in [2.24, 2.45) is 0 Å². The Labute approximate surface area is 208 Å². The molecule has 0 saturated carbocycles. The van der Waals surface area contributed by atoms with Gasteiger partial charge >= 0.3 is 0 Å². The zero-order valence-corrected chi connectivity index (χ0v) is 19.8. The lowest BCUT2D eigenvalue weighted by Gasteiger charge is -2.26. The van der Waals surface area contributed by atoms with Crippen LogP contribution < -0.4 is 14.2 Å². The molecule has 1 N–H and O–H groups in total. The highest BCUT2D eigenvalue weighted by Crippen LogP contribution is 2.42. The van der Waals surface area contributed by atoms with Crippen LogP contribution in [0.4, 0.5) is 0 Å². The minimum absolute atomic E-state index is 0.00760. The lowest BCUT2D eigenvalue weighted by Crippen LogP contribution is -2.29. The number of fused-ring (bicyclic) bond motifs is 1. The summed E-state index contributed by atoms with van der Waals surface area (Å²) in [5.41, 5.74) is 1.79. The fourth-order valence-electron chi connectivity index (χ4n) is 4.42. The van der Waals surface area contributed by atoms with Crippen LogP contribution in [0, 0.1) is 0 Å². The van der Waals surface area contributed by atoms with E-state index in [1.54, 1.807) is 42.7 Å². The number of hydrogen-bond donors (Lipinski definition) is 1. The molecule has 3 aromatic rings. The van der Waals surface area contributed by atoms with E-state index in [1.165, 1.54) is 4.90 Å². The number of aliphatic hydroxyl groups is 1. The van der Waals surface area contributed by atoms with Gasteiger partial charge in [-0.25, -0.2) is 0 Å². The van der Waals surface area contributed by atoms with Crippen molar-refractivity contribution in [3.63, 3.8) is 0 Å². The van der Waals surface area contributed by atoms with Crippen molar-refractivity contribution in [3.05, 3.63) is 89.3 Å². The van der Waals surface area contributed by atoms with E-state index in [1.807, 2.05) is 31.2 Å². The van der Waals surface area contributed by atoms with Gasteiger partial charge in [-0.2, -0.15) is 0 Å². The van der Waals surface area contributed by atoms with Crippen LogP contribution in [0.1, 0.15) is 36.1 Å². The van der Waals surface area contributed by atoms with Gasteiger partial charge in [0, 0.05) is 24.5 Å². The number of Topliss-reactive ketones (excluding diaryl/α,β-unsaturated/α-hetero) is 1. The summed E-state index contributed by atoms with van der Waals surface area (Å²) in [6.07, 6.45) is 4.14. The van der Waals surface area contributed by atoms with Crippen LogP contribution >= 0.6 is 0 Å². The normalized spacial score (nSPS) is 18.4. The number of carbonyl (C=O) groups excluding carboxylic acids is 2. The molecule has 1 amide bonds. The van der Waals surface area contributed by atoms with Crippen molar-refractivity contribution in [2.75, 3.05) is 19.8 Å². The van der Waals surface area contributed by atoms with Gasteiger partial charge in [0.2, 0.25) is 0 Å². The fraction of sp³-hybridized carbons (Fsp3) is 0.250. The van der Waals surface area contributed by atoms with Crippen molar-refractivity contribution in [3.8, 4) is 17.2 Å². The largest absolute Gasteiger partial charge is 0.507 e. The molecule has 2 aromatic carbocycles. The Kier molecular flexibility index (Phi) is 6.58. The minimum Gasteiger partial charge on any atom is -0.507 e. The van der Waals surface area contributed by atoms with E-state index in [4.69, 9.17) is 14.2 Å². The number of ketones is 1. The summed E-state index contributed by atoms with van der Waals surface area (Å²) < 4.78 is 17.0. The molecule has 0 bridgehead atoms. The number of ether oxygens (including phenoxy) is 3. The number of pyridine rings is 1. The number of carbonyl (C=O) groups is 2. The third-order valence-electron chi connectivity index (χ3n) is 6.08. The Bertz CT molecular complexity index is 1320. The molecule has 2 aliphatic rings. The maximum atomic E-state index is 13.3. The maximum absolute atomic E-state index is 13.3. The van der Waals surface area contributed by atoms with Crippen molar-refractivity contribution < 1.29 is 28.9 Å². The van der Waals surface area contributed by atoms with Crippen LogP contribution in [0.2, 0.25) is 0 Å². The standard InChI is InChI=1S/C28H26N2O6/c1-2-11-34-21-7-3-6-19(14-21)25-24(26(31)20-8-9-22-23(15-20)36-13-12-35-22)27(32)28(33)30(25)17-18-5-4-10-29-16-18/h3-10,14-16,25,31H,2,11-13,17H2,1H3/b26-24-. The van der Waals surface area contributed by atoms with E-state index in [-0.39, 0.29) is 17.9 Å². The molecular weight excluding hydrogens is 460 g/mol. The summed E-state index contributed by atoms with van der Waals surface area (Å²) in [6, 6.07) is 15.0. The number of likely N-dealkylation sites (tertiary alicyclic amines) is 1. The average molecular weight is 487 g/mol. The second-order valence-corrected chi connectivity index (χ2v) is 8.57. The molecule has 2 aliphatic heterocycles. The molecule has 0 spiro atoms. The second-order valence-electron chi connectivity index (χ2n) is 8.57. The Morgan fingerprint density at radius 3 is 2.69 bits per heavy atom. The van der Waals surface area contributed by atoms with Crippen LogP contribution in [0.3, 0.4) is 0 Å². The molecule has 5 rings (SSSR count). The number of benzene rings is 2. The predicted molar refractivity (Wildman–Crippen MR) is 132 cm³/mol. The van der Waals surface area contributed by atoms with Crippen molar-refractivity contribution in [2.45, 2.75) is 25.9 Å². The molecule has 8 nitrogen and oxygen atoms in total. The Morgan fingerprint density at radius 1 is 1.08 bits per heavy atom. The van der Waals surface area contributed by atoms with E-state index in [2.05, 4.69) is 4.98 Å². The number of nitrogens with zero attached hydrogens (tertiary/aromatic N) is 2. The monoisotopic (exact) mass is 486 g/mol. The topological polar surface area (TPSA) is 98.2 Å². The van der Waals surface area contributed by atoms with E-state index in [9.17, 15) is 14.7 Å². The van der Waals surface area contributed by atoms with Crippen molar-refractivity contribution in [1.29, 1.82) is 0 Å². The van der Waals surface area contributed by atoms with E-state index in [0.717, 1.165) is 12.0 Å². The number of aromatic nitrogens is 1. The summed E-state index contributed by atoms with van der Waals surface area (Å²) in [5.74, 6) is -0.0583. The molecule has 184 valence electrons. The van der Waals surface area contributed by atoms with Crippen LogP contribution in [-0.2, 0) is 16.1 Å². The van der Waals surface area contributed by atoms with Gasteiger partial charge < -0.3 is 24.2 Å². The third-order valence-corrected chi connectivity index (χ3v) is 6.08. The van der Waals surface area contributed by atoms with Gasteiger partial charge in [0.05, 0.1) is 18.2 Å². The van der Waals surface area contributed by atoms with Gasteiger partial charge in [-0.1, -0.05) is 25.1 Å². The first-order valence-electron chi connectivity index (χ1n) is 11.9. The van der Waals surface area contributed by atoms with Gasteiger partial charge in [-0.15, -0.1) is 0 Å². The molecule has 1 unspecified atom stereocenters. The number of aliphatic hydroxyl groups excluding tert-OH is 1. The molecule has 1 fully saturated rings. The SMILES string of the molecule is CCCOc1cccc(C2/C(=C(/O)c3ccc4c(c3)OCCO4)C(=O)C(=O)N2Cc2cccnc2)c1. The highest BCUT2D eigenvalue weighted by atomic mass is 16.6. The van der Waals surface area contributed by atoms with E-state index >= 15 is 0 Å². The average Bonchev–Trinajstić information content (AvgIpc) is 3.17. The van der Waals surface area contributed by atoms with Crippen molar-refractivity contribution >= 4 is 17.4 Å². The molecular formula is C28H26N2O6. The molecule has 0 aliphatic carbocycles. The van der Waals surface area contributed by atoms with E-state index in [0.29, 0.717) is 48.2 Å².